The molecule has 1 saturated heterocycles. The lowest BCUT2D eigenvalue weighted by Gasteiger charge is -2.22. The summed E-state index contributed by atoms with van der Waals surface area (Å²) < 4.78 is 7.49. The molecular formula is C15H22Br2N2O. The van der Waals surface area contributed by atoms with E-state index in [0.717, 1.165) is 40.2 Å². The summed E-state index contributed by atoms with van der Waals surface area (Å²) in [5, 5.41) is 3.54. The predicted molar refractivity (Wildman–Crippen MR) is 91.9 cm³/mol. The van der Waals surface area contributed by atoms with Gasteiger partial charge in [-0.05, 0) is 56.8 Å². The number of rotatable bonds is 5. The van der Waals surface area contributed by atoms with Crippen molar-refractivity contribution >= 4 is 37.5 Å². The molecule has 5 heteroatoms. The average molecular weight is 406 g/mol. The molecule has 0 saturated carbocycles. The van der Waals surface area contributed by atoms with E-state index in [4.69, 9.17) is 4.74 Å². The molecule has 0 radical (unpaired) electrons. The summed E-state index contributed by atoms with van der Waals surface area (Å²) in [5.74, 6) is 1.60. The molecule has 1 atom stereocenters. The molecule has 0 bridgehead atoms. The van der Waals surface area contributed by atoms with Crippen LogP contribution in [0.4, 0.5) is 5.69 Å². The third-order valence-electron chi connectivity index (χ3n) is 3.66. The quantitative estimate of drug-likeness (QED) is 0.799. The first kappa shape index (κ1) is 16.1. The first-order chi connectivity index (χ1) is 9.51. The molecule has 1 aromatic rings. The number of nitrogens with zero attached hydrogens (tertiary/aromatic N) is 1. The van der Waals surface area contributed by atoms with E-state index < -0.39 is 0 Å². The Labute approximate surface area is 138 Å². The van der Waals surface area contributed by atoms with Gasteiger partial charge in [-0.2, -0.15) is 0 Å². The van der Waals surface area contributed by atoms with E-state index in [1.54, 1.807) is 7.11 Å². The van der Waals surface area contributed by atoms with Crippen molar-refractivity contribution in [1.82, 2.24) is 5.32 Å². The maximum atomic E-state index is 5.40. The van der Waals surface area contributed by atoms with Crippen molar-refractivity contribution in [3.05, 3.63) is 21.1 Å². The average Bonchev–Trinajstić information content (AvgIpc) is 2.85. The van der Waals surface area contributed by atoms with E-state index in [1.165, 1.54) is 12.1 Å². The molecule has 1 aliphatic heterocycles. The smallest absolute Gasteiger partial charge is 0.135 e. The lowest BCUT2D eigenvalue weighted by Crippen LogP contribution is -2.30. The van der Waals surface area contributed by atoms with Gasteiger partial charge in [0.1, 0.15) is 5.75 Å². The van der Waals surface area contributed by atoms with Gasteiger partial charge in [-0.1, -0.05) is 13.8 Å². The van der Waals surface area contributed by atoms with Crippen LogP contribution in [0.25, 0.3) is 0 Å². The highest BCUT2D eigenvalue weighted by Gasteiger charge is 2.24. The fraction of sp³-hybridized carbons (Fsp3) is 0.600. The standard InChI is InChI=1S/C15H22Br2N2O/c1-10(2)18-8-11-4-5-19(9-11)14-7-15(20-3)13(17)6-12(14)16/h6-7,10-11,18H,4-5,8-9H2,1-3H3. The van der Waals surface area contributed by atoms with Crippen molar-refractivity contribution in [2.24, 2.45) is 5.92 Å². The molecule has 1 aromatic carbocycles. The van der Waals surface area contributed by atoms with Gasteiger partial charge in [0.05, 0.1) is 17.3 Å². The van der Waals surface area contributed by atoms with Crippen LogP contribution in [0, 0.1) is 5.92 Å². The van der Waals surface area contributed by atoms with Gasteiger partial charge < -0.3 is 15.0 Å². The summed E-state index contributed by atoms with van der Waals surface area (Å²) in [7, 11) is 1.71. The Morgan fingerprint density at radius 3 is 2.75 bits per heavy atom. The third kappa shape index (κ3) is 3.89. The Morgan fingerprint density at radius 2 is 2.10 bits per heavy atom. The lowest BCUT2D eigenvalue weighted by atomic mass is 10.1. The van der Waals surface area contributed by atoms with Gasteiger partial charge in [-0.3, -0.25) is 0 Å². The van der Waals surface area contributed by atoms with Gasteiger partial charge in [0.15, 0.2) is 0 Å². The zero-order chi connectivity index (χ0) is 14.7. The first-order valence-electron chi connectivity index (χ1n) is 7.02. The van der Waals surface area contributed by atoms with Gasteiger partial charge in [0, 0.05) is 29.7 Å². The van der Waals surface area contributed by atoms with Gasteiger partial charge in [0.2, 0.25) is 0 Å². The van der Waals surface area contributed by atoms with Crippen LogP contribution in [0.15, 0.2) is 21.1 Å². The third-order valence-corrected chi connectivity index (χ3v) is 4.92. The minimum absolute atomic E-state index is 0.559. The fourth-order valence-corrected chi connectivity index (χ4v) is 3.94. The summed E-state index contributed by atoms with van der Waals surface area (Å²) in [5.41, 5.74) is 1.22. The second-order valence-corrected chi connectivity index (χ2v) is 7.31. The molecule has 0 spiro atoms. The van der Waals surface area contributed by atoms with Gasteiger partial charge >= 0.3 is 0 Å². The number of anilines is 1. The summed E-state index contributed by atoms with van der Waals surface area (Å²) in [6, 6.07) is 4.73. The number of benzene rings is 1. The maximum absolute atomic E-state index is 5.40. The fourth-order valence-electron chi connectivity index (χ4n) is 2.54. The number of nitrogens with one attached hydrogen (secondary N) is 1. The summed E-state index contributed by atoms with van der Waals surface area (Å²) in [6.07, 6.45) is 1.24. The highest BCUT2D eigenvalue weighted by atomic mass is 79.9. The Kier molecular flexibility index (Phi) is 5.75. The van der Waals surface area contributed by atoms with E-state index in [0.29, 0.717) is 6.04 Å². The molecule has 1 heterocycles. The molecule has 20 heavy (non-hydrogen) atoms. The number of ether oxygens (including phenoxy) is 1. The van der Waals surface area contributed by atoms with Crippen LogP contribution in [0.5, 0.6) is 5.75 Å². The van der Waals surface area contributed by atoms with Gasteiger partial charge in [0.25, 0.3) is 0 Å². The van der Waals surface area contributed by atoms with Crippen LogP contribution in [0.2, 0.25) is 0 Å². The minimum atomic E-state index is 0.559. The Balaban J connectivity index is 2.06. The first-order valence-corrected chi connectivity index (χ1v) is 8.61. The number of hydrogen-bond donors (Lipinski definition) is 1. The second kappa shape index (κ2) is 7.14. The predicted octanol–water partition coefficient (Wildman–Crippen LogP) is 4.04. The Morgan fingerprint density at radius 1 is 1.35 bits per heavy atom. The highest BCUT2D eigenvalue weighted by molar-refractivity contribution is 9.11. The molecule has 1 aliphatic rings. The molecule has 1 fully saturated rings. The highest BCUT2D eigenvalue weighted by Crippen LogP contribution is 2.38. The largest absolute Gasteiger partial charge is 0.495 e. The van der Waals surface area contributed by atoms with E-state index in [1.807, 2.05) is 0 Å². The van der Waals surface area contributed by atoms with E-state index in [-0.39, 0.29) is 0 Å². The molecular weight excluding hydrogens is 384 g/mol. The monoisotopic (exact) mass is 404 g/mol. The van der Waals surface area contributed by atoms with Crippen molar-refractivity contribution in [2.45, 2.75) is 26.3 Å². The van der Waals surface area contributed by atoms with E-state index in [2.05, 4.69) is 68.1 Å². The molecule has 2 rings (SSSR count). The molecule has 0 aliphatic carbocycles. The topological polar surface area (TPSA) is 24.5 Å². The van der Waals surface area contributed by atoms with E-state index >= 15 is 0 Å². The van der Waals surface area contributed by atoms with Crippen LogP contribution in [-0.2, 0) is 0 Å². The molecule has 0 amide bonds. The van der Waals surface area contributed by atoms with Crippen LogP contribution >= 0.6 is 31.9 Å². The molecule has 3 nitrogen and oxygen atoms in total. The van der Waals surface area contributed by atoms with Crippen molar-refractivity contribution in [3.8, 4) is 5.75 Å². The zero-order valence-electron chi connectivity index (χ0n) is 12.2. The van der Waals surface area contributed by atoms with Crippen molar-refractivity contribution < 1.29 is 4.74 Å². The molecule has 1 unspecified atom stereocenters. The van der Waals surface area contributed by atoms with Crippen molar-refractivity contribution in [3.63, 3.8) is 0 Å². The van der Waals surface area contributed by atoms with Crippen LogP contribution < -0.4 is 15.0 Å². The number of halogens is 2. The lowest BCUT2D eigenvalue weighted by molar-refractivity contribution is 0.412. The SMILES string of the molecule is COc1cc(N2CCC(CNC(C)C)C2)c(Br)cc1Br. The zero-order valence-corrected chi connectivity index (χ0v) is 15.4. The van der Waals surface area contributed by atoms with E-state index in [9.17, 15) is 0 Å². The second-order valence-electron chi connectivity index (χ2n) is 5.60. The molecule has 112 valence electrons. The maximum Gasteiger partial charge on any atom is 0.135 e. The Hall–Kier alpha value is -0.260. The molecule has 1 N–H and O–H groups in total. The normalized spacial score (nSPS) is 18.9. The van der Waals surface area contributed by atoms with Gasteiger partial charge in [-0.25, -0.2) is 0 Å². The van der Waals surface area contributed by atoms with Crippen LogP contribution in [0.1, 0.15) is 20.3 Å². The Bertz CT molecular complexity index is 465. The van der Waals surface area contributed by atoms with Crippen molar-refractivity contribution in [1.29, 1.82) is 0 Å². The summed E-state index contributed by atoms with van der Waals surface area (Å²) in [4.78, 5) is 2.44. The van der Waals surface area contributed by atoms with Crippen LogP contribution in [-0.4, -0.2) is 32.8 Å². The van der Waals surface area contributed by atoms with Gasteiger partial charge in [-0.15, -0.1) is 0 Å². The van der Waals surface area contributed by atoms with Crippen LogP contribution in [0.3, 0.4) is 0 Å². The molecule has 0 aromatic heterocycles. The van der Waals surface area contributed by atoms with Crippen molar-refractivity contribution in [2.75, 3.05) is 31.6 Å². The summed E-state index contributed by atoms with van der Waals surface area (Å²) >= 11 is 7.18. The number of methoxy groups -OCH3 is 1. The summed E-state index contributed by atoms with van der Waals surface area (Å²) in [6.45, 7) is 7.70. The minimum Gasteiger partial charge on any atom is -0.495 e. The number of hydrogen-bond acceptors (Lipinski definition) is 3.